The van der Waals surface area contributed by atoms with Crippen LogP contribution in [0.4, 0.5) is 0 Å². The number of aromatic nitrogens is 3. The minimum absolute atomic E-state index is 0.153. The van der Waals surface area contributed by atoms with Crippen molar-refractivity contribution in [1.29, 1.82) is 0 Å². The Morgan fingerprint density at radius 1 is 1.28 bits per heavy atom. The number of rotatable bonds is 6. The standard InChI is InChI=1S/C13H25N5/c1-3-5-13(10-14,6-4-2)18-8-7-17-11-15-16-12(17)9-18/h11H,3-10,14H2,1-2H3. The van der Waals surface area contributed by atoms with Crippen molar-refractivity contribution in [1.82, 2.24) is 19.7 Å². The van der Waals surface area contributed by atoms with E-state index in [2.05, 4.69) is 33.5 Å². The van der Waals surface area contributed by atoms with Crippen LogP contribution in [-0.4, -0.2) is 38.3 Å². The van der Waals surface area contributed by atoms with Crippen LogP contribution in [0.3, 0.4) is 0 Å². The Bertz CT molecular complexity index is 367. The van der Waals surface area contributed by atoms with E-state index in [0.29, 0.717) is 0 Å². The van der Waals surface area contributed by atoms with Gasteiger partial charge in [-0.05, 0) is 12.8 Å². The molecule has 0 spiro atoms. The van der Waals surface area contributed by atoms with Gasteiger partial charge in [0.2, 0.25) is 0 Å². The third-order valence-corrected chi connectivity index (χ3v) is 4.12. The molecule has 1 aromatic heterocycles. The average Bonchev–Trinajstić information content (AvgIpc) is 2.85. The molecule has 2 N–H and O–H groups in total. The van der Waals surface area contributed by atoms with E-state index in [4.69, 9.17) is 5.73 Å². The molecular weight excluding hydrogens is 226 g/mol. The molecule has 0 radical (unpaired) electrons. The summed E-state index contributed by atoms with van der Waals surface area (Å²) in [7, 11) is 0. The maximum absolute atomic E-state index is 6.12. The second kappa shape index (κ2) is 5.80. The van der Waals surface area contributed by atoms with Gasteiger partial charge in [-0.15, -0.1) is 10.2 Å². The average molecular weight is 251 g/mol. The van der Waals surface area contributed by atoms with Crippen molar-refractivity contribution >= 4 is 0 Å². The maximum atomic E-state index is 6.12. The minimum atomic E-state index is 0.153. The van der Waals surface area contributed by atoms with Crippen LogP contribution in [-0.2, 0) is 13.1 Å². The zero-order valence-electron chi connectivity index (χ0n) is 11.6. The van der Waals surface area contributed by atoms with Crippen LogP contribution < -0.4 is 5.73 Å². The molecule has 102 valence electrons. The smallest absolute Gasteiger partial charge is 0.147 e. The third-order valence-electron chi connectivity index (χ3n) is 4.12. The van der Waals surface area contributed by atoms with Gasteiger partial charge in [0.05, 0.1) is 6.54 Å². The molecule has 1 aliphatic rings. The summed E-state index contributed by atoms with van der Waals surface area (Å²) in [6.45, 7) is 8.15. The van der Waals surface area contributed by atoms with E-state index >= 15 is 0 Å². The number of hydrogen-bond donors (Lipinski definition) is 1. The van der Waals surface area contributed by atoms with Crippen molar-refractivity contribution in [3.05, 3.63) is 12.2 Å². The quantitative estimate of drug-likeness (QED) is 0.830. The lowest BCUT2D eigenvalue weighted by Gasteiger charge is -2.45. The van der Waals surface area contributed by atoms with Gasteiger partial charge in [0.25, 0.3) is 0 Å². The first-order valence-corrected chi connectivity index (χ1v) is 7.07. The van der Waals surface area contributed by atoms with E-state index < -0.39 is 0 Å². The van der Waals surface area contributed by atoms with Crippen LogP contribution in [0.1, 0.15) is 45.4 Å². The first kappa shape index (κ1) is 13.5. The fraction of sp³-hybridized carbons (Fsp3) is 0.846. The molecule has 0 saturated heterocycles. The summed E-state index contributed by atoms with van der Waals surface area (Å²) in [5, 5.41) is 8.20. The Kier molecular flexibility index (Phi) is 4.35. The summed E-state index contributed by atoms with van der Waals surface area (Å²) in [5.74, 6) is 1.08. The predicted molar refractivity (Wildman–Crippen MR) is 72.0 cm³/mol. The summed E-state index contributed by atoms with van der Waals surface area (Å²) in [6, 6.07) is 0. The summed E-state index contributed by atoms with van der Waals surface area (Å²) in [5.41, 5.74) is 6.27. The minimum Gasteiger partial charge on any atom is -0.329 e. The Hall–Kier alpha value is -0.940. The van der Waals surface area contributed by atoms with Crippen LogP contribution in [0.2, 0.25) is 0 Å². The van der Waals surface area contributed by atoms with E-state index in [1.54, 1.807) is 0 Å². The van der Waals surface area contributed by atoms with E-state index in [-0.39, 0.29) is 5.54 Å². The third kappa shape index (κ3) is 2.42. The van der Waals surface area contributed by atoms with Crippen LogP contribution >= 0.6 is 0 Å². The molecule has 5 heteroatoms. The van der Waals surface area contributed by atoms with Gasteiger partial charge in [0.15, 0.2) is 0 Å². The number of fused-ring (bicyclic) bond motifs is 1. The molecular formula is C13H25N5. The zero-order valence-corrected chi connectivity index (χ0v) is 11.6. The van der Waals surface area contributed by atoms with Crippen LogP contribution in [0.15, 0.2) is 6.33 Å². The van der Waals surface area contributed by atoms with Crippen LogP contribution in [0.25, 0.3) is 0 Å². The molecule has 1 aliphatic heterocycles. The molecule has 5 nitrogen and oxygen atoms in total. The lowest BCUT2D eigenvalue weighted by molar-refractivity contribution is 0.0467. The topological polar surface area (TPSA) is 60.0 Å². The normalized spacial score (nSPS) is 16.8. The summed E-state index contributed by atoms with van der Waals surface area (Å²) in [4.78, 5) is 2.53. The van der Waals surface area contributed by atoms with E-state index in [0.717, 1.165) is 32.0 Å². The summed E-state index contributed by atoms with van der Waals surface area (Å²) in [6.07, 6.45) is 6.54. The number of hydrogen-bond acceptors (Lipinski definition) is 4. The van der Waals surface area contributed by atoms with Gasteiger partial charge in [0, 0.05) is 25.2 Å². The van der Waals surface area contributed by atoms with Gasteiger partial charge in [0.1, 0.15) is 12.2 Å². The molecule has 0 fully saturated rings. The highest BCUT2D eigenvalue weighted by atomic mass is 15.3. The first-order valence-electron chi connectivity index (χ1n) is 7.07. The van der Waals surface area contributed by atoms with Gasteiger partial charge in [-0.2, -0.15) is 0 Å². The molecule has 18 heavy (non-hydrogen) atoms. The second-order valence-corrected chi connectivity index (χ2v) is 5.29. The Labute approximate surface area is 109 Å². The SMILES string of the molecule is CCCC(CN)(CCC)N1CCn2cnnc2C1. The van der Waals surface area contributed by atoms with E-state index in [9.17, 15) is 0 Å². The van der Waals surface area contributed by atoms with Crippen LogP contribution in [0, 0.1) is 0 Å². The molecule has 0 unspecified atom stereocenters. The highest BCUT2D eigenvalue weighted by Crippen LogP contribution is 2.29. The second-order valence-electron chi connectivity index (χ2n) is 5.29. The lowest BCUT2D eigenvalue weighted by Crippen LogP contribution is -2.56. The largest absolute Gasteiger partial charge is 0.329 e. The molecule has 0 aromatic carbocycles. The summed E-state index contributed by atoms with van der Waals surface area (Å²) < 4.78 is 2.15. The highest BCUT2D eigenvalue weighted by Gasteiger charge is 2.36. The van der Waals surface area contributed by atoms with E-state index in [1.807, 2.05) is 6.33 Å². The molecule has 2 rings (SSSR count). The molecule has 0 saturated carbocycles. The van der Waals surface area contributed by atoms with Crippen molar-refractivity contribution in [2.24, 2.45) is 5.73 Å². The van der Waals surface area contributed by atoms with Crippen molar-refractivity contribution in [2.75, 3.05) is 13.1 Å². The molecule has 0 amide bonds. The molecule has 0 aliphatic carbocycles. The van der Waals surface area contributed by atoms with Crippen molar-refractivity contribution < 1.29 is 0 Å². The van der Waals surface area contributed by atoms with Gasteiger partial charge in [-0.1, -0.05) is 26.7 Å². The monoisotopic (exact) mass is 251 g/mol. The number of nitrogens with zero attached hydrogens (tertiary/aromatic N) is 4. The summed E-state index contributed by atoms with van der Waals surface area (Å²) >= 11 is 0. The molecule has 2 heterocycles. The maximum Gasteiger partial charge on any atom is 0.147 e. The molecule has 1 aromatic rings. The fourth-order valence-corrected chi connectivity index (χ4v) is 3.18. The van der Waals surface area contributed by atoms with Crippen molar-refractivity contribution in [2.45, 2.75) is 58.2 Å². The first-order chi connectivity index (χ1) is 8.75. The zero-order chi connectivity index (χ0) is 13.0. The lowest BCUT2D eigenvalue weighted by atomic mass is 9.86. The predicted octanol–water partition coefficient (Wildman–Crippen LogP) is 1.39. The van der Waals surface area contributed by atoms with E-state index in [1.165, 1.54) is 25.7 Å². The van der Waals surface area contributed by atoms with Gasteiger partial charge < -0.3 is 10.3 Å². The Morgan fingerprint density at radius 2 is 2.00 bits per heavy atom. The van der Waals surface area contributed by atoms with Gasteiger partial charge in [-0.3, -0.25) is 4.90 Å². The van der Waals surface area contributed by atoms with Gasteiger partial charge in [-0.25, -0.2) is 0 Å². The van der Waals surface area contributed by atoms with Crippen molar-refractivity contribution in [3.63, 3.8) is 0 Å². The van der Waals surface area contributed by atoms with Crippen molar-refractivity contribution in [3.8, 4) is 0 Å². The molecule has 0 atom stereocenters. The fourth-order valence-electron chi connectivity index (χ4n) is 3.18. The number of nitrogens with two attached hydrogens (primary N) is 1. The van der Waals surface area contributed by atoms with Crippen LogP contribution in [0.5, 0.6) is 0 Å². The highest BCUT2D eigenvalue weighted by molar-refractivity contribution is 4.98. The Morgan fingerprint density at radius 3 is 2.61 bits per heavy atom. The Balaban J connectivity index is 2.17. The van der Waals surface area contributed by atoms with Gasteiger partial charge >= 0.3 is 0 Å². The molecule has 0 bridgehead atoms.